The van der Waals surface area contributed by atoms with Crippen molar-refractivity contribution in [3.8, 4) is 0 Å². The normalized spacial score (nSPS) is 11.9. The Labute approximate surface area is 219 Å². The summed E-state index contributed by atoms with van der Waals surface area (Å²) in [7, 11) is -3.68. The van der Waals surface area contributed by atoms with E-state index in [4.69, 9.17) is 4.18 Å². The van der Waals surface area contributed by atoms with Crippen LogP contribution in [0, 0.1) is 6.92 Å². The van der Waals surface area contributed by atoms with Crippen LogP contribution in [-0.2, 0) is 20.7 Å². The average Bonchev–Trinajstić information content (AvgIpc) is 2.83. The molecule has 0 aliphatic heterocycles. The minimum atomic E-state index is -3.68. The Bertz CT molecular complexity index is 727. The van der Waals surface area contributed by atoms with Gasteiger partial charge in [0.15, 0.2) is 0 Å². The number of benzene rings is 1. The van der Waals surface area contributed by atoms with Crippen molar-refractivity contribution in [3.05, 3.63) is 29.3 Å². The van der Waals surface area contributed by atoms with Crippen LogP contribution in [0.5, 0.6) is 0 Å². The van der Waals surface area contributed by atoms with Gasteiger partial charge in [0.1, 0.15) is 0 Å². The maximum Gasteiger partial charge on any atom is 0.297 e. The van der Waals surface area contributed by atoms with Crippen LogP contribution in [0.2, 0.25) is 0 Å². The van der Waals surface area contributed by atoms with Crippen molar-refractivity contribution in [3.63, 3.8) is 0 Å². The predicted octanol–water partition coefficient (Wildman–Crippen LogP) is 10.1. The lowest BCUT2D eigenvalue weighted by Crippen LogP contribution is -2.10. The molecule has 0 aliphatic rings. The highest BCUT2D eigenvalue weighted by Crippen LogP contribution is 2.23. The van der Waals surface area contributed by atoms with Crippen LogP contribution in [0.1, 0.15) is 153 Å². The maximum atomic E-state index is 12.9. The molecule has 204 valence electrons. The molecule has 0 saturated carbocycles. The van der Waals surface area contributed by atoms with E-state index in [1.165, 1.54) is 109 Å². The van der Waals surface area contributed by atoms with Crippen LogP contribution < -0.4 is 0 Å². The molecule has 1 aromatic rings. The van der Waals surface area contributed by atoms with E-state index in [0.717, 1.165) is 36.8 Å². The molecule has 0 heterocycles. The summed E-state index contributed by atoms with van der Waals surface area (Å²) >= 11 is 0. The molecule has 0 aliphatic carbocycles. The Morgan fingerprint density at radius 1 is 0.600 bits per heavy atom. The first-order chi connectivity index (χ1) is 17.0. The van der Waals surface area contributed by atoms with E-state index in [-0.39, 0.29) is 0 Å². The highest BCUT2D eigenvalue weighted by atomic mass is 32.2. The largest absolute Gasteiger partial charge is 0.297 e. The van der Waals surface area contributed by atoms with Gasteiger partial charge >= 0.3 is 0 Å². The second-order valence-corrected chi connectivity index (χ2v) is 12.1. The Morgan fingerprint density at radius 2 is 1.03 bits per heavy atom. The molecule has 35 heavy (non-hydrogen) atoms. The first-order valence-electron chi connectivity index (χ1n) is 15.0. The fourth-order valence-electron chi connectivity index (χ4n) is 4.77. The fraction of sp³-hybridized carbons (Fsp3) is 0.806. The van der Waals surface area contributed by atoms with Crippen LogP contribution in [0.4, 0.5) is 0 Å². The lowest BCUT2D eigenvalue weighted by Gasteiger charge is -2.12. The van der Waals surface area contributed by atoms with E-state index < -0.39 is 10.1 Å². The SMILES string of the molecule is CCCCCCCCCCCCCCOS(=O)(=O)c1ccc(C)cc1CCCCCCCCCC. The monoisotopic (exact) mass is 508 g/mol. The summed E-state index contributed by atoms with van der Waals surface area (Å²) in [4.78, 5) is 0.380. The summed E-state index contributed by atoms with van der Waals surface area (Å²) in [5.41, 5.74) is 2.03. The summed E-state index contributed by atoms with van der Waals surface area (Å²) in [6, 6.07) is 5.66. The molecular formula is C31H56O3S. The molecule has 0 bridgehead atoms. The number of rotatable bonds is 24. The Morgan fingerprint density at radius 3 is 1.51 bits per heavy atom. The minimum absolute atomic E-state index is 0.296. The van der Waals surface area contributed by atoms with Crippen molar-refractivity contribution in [1.29, 1.82) is 0 Å². The molecule has 0 N–H and O–H groups in total. The minimum Gasteiger partial charge on any atom is -0.266 e. The topological polar surface area (TPSA) is 43.4 Å². The van der Waals surface area contributed by atoms with Gasteiger partial charge in [0.2, 0.25) is 0 Å². The van der Waals surface area contributed by atoms with Crippen LogP contribution in [0.3, 0.4) is 0 Å². The van der Waals surface area contributed by atoms with E-state index in [1.54, 1.807) is 6.07 Å². The molecule has 0 unspecified atom stereocenters. The highest BCUT2D eigenvalue weighted by molar-refractivity contribution is 7.86. The molecule has 3 nitrogen and oxygen atoms in total. The third kappa shape index (κ3) is 16.5. The molecule has 4 heteroatoms. The molecule has 0 radical (unpaired) electrons. The quantitative estimate of drug-likeness (QED) is 0.103. The van der Waals surface area contributed by atoms with E-state index in [9.17, 15) is 8.42 Å². The first kappa shape index (κ1) is 32.2. The van der Waals surface area contributed by atoms with E-state index >= 15 is 0 Å². The molecule has 0 spiro atoms. The van der Waals surface area contributed by atoms with Gasteiger partial charge in [-0.15, -0.1) is 0 Å². The zero-order valence-corrected chi connectivity index (χ0v) is 24.2. The molecular weight excluding hydrogens is 452 g/mol. The Hall–Kier alpha value is -0.870. The predicted molar refractivity (Wildman–Crippen MR) is 152 cm³/mol. The summed E-state index contributed by atoms with van der Waals surface area (Å²) in [6.45, 7) is 6.83. The van der Waals surface area contributed by atoms with Gasteiger partial charge in [0.05, 0.1) is 11.5 Å². The van der Waals surface area contributed by atoms with Gasteiger partial charge < -0.3 is 0 Å². The second-order valence-electron chi connectivity index (χ2n) is 10.5. The number of hydrogen-bond donors (Lipinski definition) is 0. The lowest BCUT2D eigenvalue weighted by atomic mass is 10.0. The molecule has 1 aromatic carbocycles. The summed E-state index contributed by atoms with van der Waals surface area (Å²) < 4.78 is 31.2. The number of hydrogen-bond acceptors (Lipinski definition) is 3. The van der Waals surface area contributed by atoms with Crippen LogP contribution in [-0.4, -0.2) is 15.0 Å². The van der Waals surface area contributed by atoms with E-state index in [0.29, 0.717) is 11.5 Å². The van der Waals surface area contributed by atoms with Gasteiger partial charge in [0, 0.05) is 0 Å². The second kappa shape index (κ2) is 21.2. The van der Waals surface area contributed by atoms with Gasteiger partial charge in [0.25, 0.3) is 10.1 Å². The van der Waals surface area contributed by atoms with Crippen molar-refractivity contribution >= 4 is 10.1 Å². The van der Waals surface area contributed by atoms with Crippen molar-refractivity contribution in [1.82, 2.24) is 0 Å². The molecule has 0 aromatic heterocycles. The van der Waals surface area contributed by atoms with Gasteiger partial charge in [-0.1, -0.05) is 147 Å². The van der Waals surface area contributed by atoms with Crippen molar-refractivity contribution in [2.24, 2.45) is 0 Å². The fourth-order valence-corrected chi connectivity index (χ4v) is 5.95. The smallest absolute Gasteiger partial charge is 0.266 e. The van der Waals surface area contributed by atoms with Gasteiger partial charge in [-0.05, 0) is 37.8 Å². The van der Waals surface area contributed by atoms with Gasteiger partial charge in [-0.25, -0.2) is 0 Å². The van der Waals surface area contributed by atoms with Crippen LogP contribution in [0.25, 0.3) is 0 Å². The van der Waals surface area contributed by atoms with E-state index in [1.807, 2.05) is 19.1 Å². The molecule has 0 fully saturated rings. The van der Waals surface area contributed by atoms with Gasteiger partial charge in [-0.3, -0.25) is 4.18 Å². The number of aryl methyl sites for hydroxylation is 2. The lowest BCUT2D eigenvalue weighted by molar-refractivity contribution is 0.305. The van der Waals surface area contributed by atoms with Crippen molar-refractivity contribution in [2.45, 2.75) is 161 Å². The number of unbranched alkanes of at least 4 members (excludes halogenated alkanes) is 18. The summed E-state index contributed by atoms with van der Waals surface area (Å²) in [5, 5.41) is 0. The first-order valence-corrected chi connectivity index (χ1v) is 16.4. The van der Waals surface area contributed by atoms with Crippen LogP contribution in [0.15, 0.2) is 23.1 Å². The summed E-state index contributed by atoms with van der Waals surface area (Å²) in [5.74, 6) is 0. The molecule has 0 saturated heterocycles. The highest BCUT2D eigenvalue weighted by Gasteiger charge is 2.19. The van der Waals surface area contributed by atoms with Gasteiger partial charge in [-0.2, -0.15) is 8.42 Å². The molecule has 1 rings (SSSR count). The van der Waals surface area contributed by atoms with E-state index in [2.05, 4.69) is 13.8 Å². The average molecular weight is 509 g/mol. The summed E-state index contributed by atoms with van der Waals surface area (Å²) in [6.07, 6.45) is 26.0. The third-order valence-corrected chi connectivity index (χ3v) is 8.44. The van der Waals surface area contributed by atoms with Crippen LogP contribution >= 0.6 is 0 Å². The Balaban J connectivity index is 2.24. The zero-order valence-electron chi connectivity index (χ0n) is 23.4. The standard InChI is InChI=1S/C31H56O3S/c1-4-6-8-10-12-14-15-16-17-19-21-23-27-34-35(32,33)31-26-25-29(3)28-30(31)24-22-20-18-13-11-9-7-5-2/h25-26,28H,4-24,27H2,1-3H3. The third-order valence-electron chi connectivity index (χ3n) is 7.02. The van der Waals surface area contributed by atoms with Crippen molar-refractivity contribution in [2.75, 3.05) is 6.61 Å². The molecule has 0 atom stereocenters. The maximum absolute atomic E-state index is 12.9. The zero-order chi connectivity index (χ0) is 25.6. The van der Waals surface area contributed by atoms with Crippen molar-refractivity contribution < 1.29 is 12.6 Å². The Kier molecular flexibility index (Phi) is 19.5. The molecule has 0 amide bonds.